The minimum atomic E-state index is 0.111. The van der Waals surface area contributed by atoms with Gasteiger partial charge in [0.25, 0.3) is 5.91 Å². The van der Waals surface area contributed by atoms with E-state index in [4.69, 9.17) is 0 Å². The molecule has 1 aliphatic rings. The molecular weight excluding hydrogens is 260 g/mol. The van der Waals surface area contributed by atoms with E-state index in [-0.39, 0.29) is 5.91 Å². The van der Waals surface area contributed by atoms with Crippen molar-refractivity contribution >= 4 is 17.2 Å². The summed E-state index contributed by atoms with van der Waals surface area (Å²) in [5.74, 6) is 0.486. The Morgan fingerprint density at radius 1 is 1.53 bits per heavy atom. The number of carbonyl (C=O) groups excluding carboxylic acids is 1. The Balaban J connectivity index is 1.75. The van der Waals surface area contributed by atoms with Gasteiger partial charge in [0, 0.05) is 24.7 Å². The second-order valence-electron chi connectivity index (χ2n) is 4.97. The molecule has 0 aliphatic carbocycles. The van der Waals surface area contributed by atoms with Gasteiger partial charge in [-0.05, 0) is 25.8 Å². The van der Waals surface area contributed by atoms with Gasteiger partial charge in [-0.15, -0.1) is 11.3 Å². The van der Waals surface area contributed by atoms with E-state index in [0.29, 0.717) is 5.92 Å². The van der Waals surface area contributed by atoms with Crippen LogP contribution in [0.25, 0.3) is 0 Å². The highest BCUT2D eigenvalue weighted by Crippen LogP contribution is 2.29. The molecule has 0 unspecified atom stereocenters. The third-order valence-electron chi connectivity index (χ3n) is 3.69. The van der Waals surface area contributed by atoms with Crippen LogP contribution in [0.1, 0.15) is 39.0 Å². The number of aryl methyl sites for hydroxylation is 2. The number of thiazole rings is 1. The van der Waals surface area contributed by atoms with Crippen molar-refractivity contribution in [2.75, 3.05) is 13.1 Å². The first kappa shape index (κ1) is 12.3. The number of aromatic amines is 1. The molecule has 19 heavy (non-hydrogen) atoms. The second-order valence-corrected chi connectivity index (χ2v) is 5.83. The lowest BCUT2D eigenvalue weighted by atomic mass is 10.0. The Morgan fingerprint density at radius 2 is 2.37 bits per heavy atom. The molecule has 100 valence electrons. The molecule has 5 nitrogen and oxygen atoms in total. The molecule has 0 radical (unpaired) electrons. The summed E-state index contributed by atoms with van der Waals surface area (Å²) in [5, 5.41) is 7.12. The number of nitrogens with one attached hydrogen (secondary N) is 1. The van der Waals surface area contributed by atoms with Gasteiger partial charge >= 0.3 is 0 Å². The van der Waals surface area contributed by atoms with Crippen LogP contribution in [0.15, 0.2) is 11.7 Å². The molecule has 0 saturated carbocycles. The maximum atomic E-state index is 12.4. The highest BCUT2D eigenvalue weighted by Gasteiger charge is 2.30. The zero-order valence-corrected chi connectivity index (χ0v) is 11.8. The number of rotatable bonds is 2. The maximum absolute atomic E-state index is 12.4. The number of nitrogens with zero attached hydrogens (tertiary/aromatic N) is 3. The number of hydrogen-bond acceptors (Lipinski definition) is 4. The largest absolute Gasteiger partial charge is 0.337 e. The van der Waals surface area contributed by atoms with Crippen molar-refractivity contribution < 1.29 is 4.79 Å². The van der Waals surface area contributed by atoms with Crippen molar-refractivity contribution in [2.45, 2.75) is 26.2 Å². The summed E-state index contributed by atoms with van der Waals surface area (Å²) >= 11 is 1.42. The molecule has 1 fully saturated rings. The highest BCUT2D eigenvalue weighted by molar-refractivity contribution is 7.11. The monoisotopic (exact) mass is 276 g/mol. The summed E-state index contributed by atoms with van der Waals surface area (Å²) in [4.78, 5) is 19.2. The van der Waals surface area contributed by atoms with Gasteiger partial charge in [0.05, 0.1) is 17.4 Å². The first-order valence-corrected chi connectivity index (χ1v) is 7.24. The number of aromatic nitrogens is 3. The van der Waals surface area contributed by atoms with E-state index < -0.39 is 0 Å². The van der Waals surface area contributed by atoms with E-state index in [9.17, 15) is 4.79 Å². The lowest BCUT2D eigenvalue weighted by molar-refractivity contribution is 0.0794. The number of hydrogen-bond donors (Lipinski definition) is 1. The predicted octanol–water partition coefficient (Wildman–Crippen LogP) is 2.11. The van der Waals surface area contributed by atoms with Crippen LogP contribution in [0.4, 0.5) is 0 Å². The molecule has 3 rings (SSSR count). The van der Waals surface area contributed by atoms with Crippen LogP contribution in [-0.4, -0.2) is 39.1 Å². The molecule has 0 bridgehead atoms. The van der Waals surface area contributed by atoms with Crippen molar-refractivity contribution in [2.24, 2.45) is 0 Å². The Kier molecular flexibility index (Phi) is 3.10. The van der Waals surface area contributed by atoms with Crippen molar-refractivity contribution in [3.05, 3.63) is 33.5 Å². The van der Waals surface area contributed by atoms with Crippen LogP contribution >= 0.6 is 11.3 Å². The van der Waals surface area contributed by atoms with E-state index in [0.717, 1.165) is 35.8 Å². The van der Waals surface area contributed by atoms with Gasteiger partial charge in [-0.2, -0.15) is 5.10 Å². The Labute approximate surface area is 115 Å². The predicted molar refractivity (Wildman–Crippen MR) is 73.4 cm³/mol. The minimum absolute atomic E-state index is 0.111. The van der Waals surface area contributed by atoms with Crippen LogP contribution in [0.5, 0.6) is 0 Å². The summed E-state index contributed by atoms with van der Waals surface area (Å²) in [7, 11) is 0. The summed E-state index contributed by atoms with van der Waals surface area (Å²) in [6, 6.07) is 0. The number of amides is 1. The lowest BCUT2D eigenvalue weighted by Gasteiger charge is -2.15. The van der Waals surface area contributed by atoms with Crippen LogP contribution in [0, 0.1) is 13.8 Å². The Hall–Kier alpha value is -1.69. The molecule has 1 atom stereocenters. The number of likely N-dealkylation sites (tertiary alicyclic amines) is 1. The third-order valence-corrected chi connectivity index (χ3v) is 4.61. The third kappa shape index (κ3) is 2.16. The Bertz CT molecular complexity index is 603. The topological polar surface area (TPSA) is 61.9 Å². The van der Waals surface area contributed by atoms with Crippen LogP contribution in [0.3, 0.4) is 0 Å². The van der Waals surface area contributed by atoms with Gasteiger partial charge in [-0.3, -0.25) is 9.89 Å². The fraction of sp³-hybridized carbons (Fsp3) is 0.462. The van der Waals surface area contributed by atoms with E-state index in [1.807, 2.05) is 18.0 Å². The van der Waals surface area contributed by atoms with Crippen molar-refractivity contribution in [3.63, 3.8) is 0 Å². The van der Waals surface area contributed by atoms with E-state index in [1.165, 1.54) is 16.9 Å². The summed E-state index contributed by atoms with van der Waals surface area (Å²) in [6.45, 7) is 5.51. The first-order valence-electron chi connectivity index (χ1n) is 6.36. The summed E-state index contributed by atoms with van der Waals surface area (Å²) in [5.41, 5.74) is 4.90. The highest BCUT2D eigenvalue weighted by atomic mass is 32.1. The molecule has 0 spiro atoms. The fourth-order valence-electron chi connectivity index (χ4n) is 2.60. The van der Waals surface area contributed by atoms with Crippen molar-refractivity contribution in [3.8, 4) is 0 Å². The van der Waals surface area contributed by atoms with Crippen molar-refractivity contribution in [1.29, 1.82) is 0 Å². The summed E-state index contributed by atoms with van der Waals surface area (Å²) < 4.78 is 0. The molecule has 1 N–H and O–H groups in total. The average Bonchev–Trinajstić information content (AvgIpc) is 3.08. The zero-order valence-electron chi connectivity index (χ0n) is 11.0. The van der Waals surface area contributed by atoms with Gasteiger partial charge in [0.2, 0.25) is 0 Å². The van der Waals surface area contributed by atoms with E-state index >= 15 is 0 Å². The quantitative estimate of drug-likeness (QED) is 0.914. The van der Waals surface area contributed by atoms with Crippen LogP contribution < -0.4 is 0 Å². The second kappa shape index (κ2) is 4.77. The van der Waals surface area contributed by atoms with E-state index in [1.54, 1.807) is 5.51 Å². The fourth-order valence-corrected chi connectivity index (χ4v) is 3.37. The molecule has 2 aromatic rings. The lowest BCUT2D eigenvalue weighted by Crippen LogP contribution is -2.28. The molecule has 1 aliphatic heterocycles. The van der Waals surface area contributed by atoms with Gasteiger partial charge in [-0.25, -0.2) is 4.98 Å². The number of carbonyl (C=O) groups is 1. The Morgan fingerprint density at radius 3 is 3.00 bits per heavy atom. The van der Waals surface area contributed by atoms with Crippen molar-refractivity contribution in [1.82, 2.24) is 20.1 Å². The normalized spacial score (nSPS) is 19.1. The number of H-pyrrole nitrogens is 1. The molecule has 1 amide bonds. The first-order chi connectivity index (χ1) is 9.16. The molecule has 0 aromatic carbocycles. The zero-order chi connectivity index (χ0) is 13.4. The SMILES string of the molecule is Cc1cn[nH]c1[C@@H]1CCN(C(=O)c2scnc2C)C1. The maximum Gasteiger partial charge on any atom is 0.265 e. The molecule has 6 heteroatoms. The summed E-state index contributed by atoms with van der Waals surface area (Å²) in [6.07, 6.45) is 2.83. The molecule has 3 heterocycles. The van der Waals surface area contributed by atoms with Gasteiger partial charge in [0.15, 0.2) is 0 Å². The van der Waals surface area contributed by atoms with Gasteiger partial charge in [0.1, 0.15) is 4.88 Å². The van der Waals surface area contributed by atoms with Crippen LogP contribution in [-0.2, 0) is 0 Å². The van der Waals surface area contributed by atoms with Gasteiger partial charge in [-0.1, -0.05) is 0 Å². The minimum Gasteiger partial charge on any atom is -0.337 e. The van der Waals surface area contributed by atoms with Gasteiger partial charge < -0.3 is 4.90 Å². The van der Waals surface area contributed by atoms with E-state index in [2.05, 4.69) is 22.1 Å². The molecule has 1 saturated heterocycles. The molecule has 2 aromatic heterocycles. The molecular formula is C13H16N4OS. The van der Waals surface area contributed by atoms with Crippen LogP contribution in [0.2, 0.25) is 0 Å². The smallest absolute Gasteiger partial charge is 0.265 e. The average molecular weight is 276 g/mol. The standard InChI is InChI=1S/C13H16N4OS/c1-8-5-15-16-11(8)10-3-4-17(6-10)13(18)12-9(2)14-7-19-12/h5,7,10H,3-4,6H2,1-2H3,(H,15,16)/t10-/m1/s1.